The number of ether oxygens (including phenoxy) is 1. The molecular weight excluding hydrogens is 366 g/mol. The summed E-state index contributed by atoms with van der Waals surface area (Å²) in [7, 11) is 1.60. The van der Waals surface area contributed by atoms with Gasteiger partial charge in [-0.25, -0.2) is 4.98 Å². The standard InChI is InChI=1S/C19H31N3O4S/c1-18-5-4-14(24)19(2,10-23)13(18)9-12-16(22-17(20)27-12)11(18)8-15(25)21-6-7-26-3/h11,13-14,23-24H,4-10H2,1-3H3,(H2,20,22)(H,21,25). The second kappa shape index (κ2) is 7.66. The van der Waals surface area contributed by atoms with Gasteiger partial charge in [-0.1, -0.05) is 13.8 Å². The fourth-order valence-corrected chi connectivity index (χ4v) is 6.15. The summed E-state index contributed by atoms with van der Waals surface area (Å²) in [5, 5.41) is 24.2. The summed E-state index contributed by atoms with van der Waals surface area (Å²) in [6.45, 7) is 5.01. The quantitative estimate of drug-likeness (QED) is 0.537. The molecule has 5 atom stereocenters. The van der Waals surface area contributed by atoms with Crippen LogP contribution in [-0.4, -0.2) is 54.1 Å². The highest BCUT2D eigenvalue weighted by atomic mass is 32.1. The number of fused-ring (bicyclic) bond motifs is 2. The lowest BCUT2D eigenvalue weighted by atomic mass is 9.47. The summed E-state index contributed by atoms with van der Waals surface area (Å²) in [6.07, 6.45) is 1.91. The van der Waals surface area contributed by atoms with Gasteiger partial charge in [0.05, 0.1) is 25.0 Å². The molecule has 1 fully saturated rings. The third kappa shape index (κ3) is 3.48. The number of carbonyl (C=O) groups excluding carboxylic acids is 1. The van der Waals surface area contributed by atoms with E-state index in [-0.39, 0.29) is 29.8 Å². The molecule has 2 aliphatic rings. The van der Waals surface area contributed by atoms with Crippen molar-refractivity contribution < 1.29 is 19.7 Å². The summed E-state index contributed by atoms with van der Waals surface area (Å²) >= 11 is 1.46. The van der Waals surface area contributed by atoms with Crippen molar-refractivity contribution in [3.63, 3.8) is 0 Å². The molecule has 1 heterocycles. The molecule has 5 unspecified atom stereocenters. The average molecular weight is 398 g/mol. The maximum absolute atomic E-state index is 12.6. The van der Waals surface area contributed by atoms with Gasteiger partial charge in [-0.15, -0.1) is 11.3 Å². The maximum Gasteiger partial charge on any atom is 0.220 e. The highest BCUT2D eigenvalue weighted by Crippen LogP contribution is 2.62. The molecule has 0 aromatic carbocycles. The predicted octanol–water partition coefficient (Wildman–Crippen LogP) is 1.29. The summed E-state index contributed by atoms with van der Waals surface area (Å²) in [4.78, 5) is 18.3. The number of carbonyl (C=O) groups is 1. The minimum atomic E-state index is -0.603. The molecule has 0 radical (unpaired) electrons. The number of methoxy groups -OCH3 is 1. The number of aliphatic hydroxyl groups is 2. The SMILES string of the molecule is COCCNC(=O)CC1c2nc(N)sc2CC2C(C)(CO)C(O)CCC12C. The summed E-state index contributed by atoms with van der Waals surface area (Å²) in [5.41, 5.74) is 6.09. The number of nitrogens with zero attached hydrogens (tertiary/aromatic N) is 1. The lowest BCUT2D eigenvalue weighted by Gasteiger charge is -2.58. The molecule has 1 amide bonds. The van der Waals surface area contributed by atoms with Crippen LogP contribution in [0.5, 0.6) is 0 Å². The van der Waals surface area contributed by atoms with Crippen LogP contribution < -0.4 is 11.1 Å². The van der Waals surface area contributed by atoms with Crippen LogP contribution in [0, 0.1) is 16.7 Å². The van der Waals surface area contributed by atoms with Gasteiger partial charge in [0.25, 0.3) is 0 Å². The summed E-state index contributed by atoms with van der Waals surface area (Å²) < 4.78 is 5.00. The first-order valence-corrected chi connectivity index (χ1v) is 10.4. The van der Waals surface area contributed by atoms with E-state index in [9.17, 15) is 15.0 Å². The molecule has 0 bridgehead atoms. The molecule has 0 spiro atoms. The number of rotatable bonds is 6. The Hall–Kier alpha value is -1.22. The van der Waals surface area contributed by atoms with Crippen molar-refractivity contribution in [1.29, 1.82) is 0 Å². The van der Waals surface area contributed by atoms with Gasteiger partial charge in [0.2, 0.25) is 5.91 Å². The zero-order valence-corrected chi connectivity index (χ0v) is 17.1. The number of nitrogens with two attached hydrogens (primary N) is 1. The van der Waals surface area contributed by atoms with Crippen LogP contribution in [0.4, 0.5) is 5.13 Å². The van der Waals surface area contributed by atoms with Crippen molar-refractivity contribution in [1.82, 2.24) is 10.3 Å². The number of thiazole rings is 1. The molecule has 0 aliphatic heterocycles. The van der Waals surface area contributed by atoms with E-state index in [1.807, 2.05) is 6.92 Å². The predicted molar refractivity (Wildman–Crippen MR) is 105 cm³/mol. The van der Waals surface area contributed by atoms with Gasteiger partial charge in [-0.3, -0.25) is 4.79 Å². The van der Waals surface area contributed by atoms with Gasteiger partial charge in [-0.2, -0.15) is 0 Å². The first kappa shape index (κ1) is 20.5. The summed E-state index contributed by atoms with van der Waals surface area (Å²) in [6, 6.07) is 0. The van der Waals surface area contributed by atoms with Crippen LogP contribution in [0.1, 0.15) is 49.6 Å². The van der Waals surface area contributed by atoms with Gasteiger partial charge in [0.15, 0.2) is 5.13 Å². The van der Waals surface area contributed by atoms with Gasteiger partial charge < -0.3 is 26.0 Å². The van der Waals surface area contributed by atoms with Crippen molar-refractivity contribution >= 4 is 22.4 Å². The topological polar surface area (TPSA) is 118 Å². The van der Waals surface area contributed by atoms with Gasteiger partial charge in [0, 0.05) is 36.3 Å². The third-order valence-electron chi connectivity index (χ3n) is 6.93. The first-order chi connectivity index (χ1) is 12.8. The Labute approximate surface area is 164 Å². The Kier molecular flexibility index (Phi) is 5.82. The third-order valence-corrected chi connectivity index (χ3v) is 7.85. The molecule has 1 aromatic rings. The molecule has 27 heavy (non-hydrogen) atoms. The number of aliphatic hydroxyl groups excluding tert-OH is 2. The highest BCUT2D eigenvalue weighted by Gasteiger charge is 2.59. The van der Waals surface area contributed by atoms with Crippen molar-refractivity contribution in [2.24, 2.45) is 16.7 Å². The van der Waals surface area contributed by atoms with Crippen LogP contribution in [0.3, 0.4) is 0 Å². The minimum absolute atomic E-state index is 0.0340. The second-order valence-electron chi connectivity index (χ2n) is 8.44. The first-order valence-electron chi connectivity index (χ1n) is 9.56. The normalized spacial score (nSPS) is 35.4. The van der Waals surface area contributed by atoms with Crippen LogP contribution in [0.2, 0.25) is 0 Å². The monoisotopic (exact) mass is 397 g/mol. The molecular formula is C19H31N3O4S. The number of aromatic nitrogens is 1. The molecule has 2 aliphatic carbocycles. The van der Waals surface area contributed by atoms with Crippen LogP contribution in [-0.2, 0) is 16.0 Å². The molecule has 8 heteroatoms. The van der Waals surface area contributed by atoms with Crippen LogP contribution in [0.25, 0.3) is 0 Å². The van der Waals surface area contributed by atoms with E-state index >= 15 is 0 Å². The molecule has 0 saturated heterocycles. The fraction of sp³-hybridized carbons (Fsp3) is 0.789. The van der Waals surface area contributed by atoms with E-state index in [2.05, 4.69) is 17.2 Å². The number of hydrogen-bond donors (Lipinski definition) is 4. The largest absolute Gasteiger partial charge is 0.396 e. The molecule has 7 nitrogen and oxygen atoms in total. The van der Waals surface area contributed by atoms with E-state index in [4.69, 9.17) is 10.5 Å². The number of anilines is 1. The molecule has 1 saturated carbocycles. The van der Waals surface area contributed by atoms with Crippen molar-refractivity contribution in [3.8, 4) is 0 Å². The van der Waals surface area contributed by atoms with Crippen LogP contribution >= 0.6 is 11.3 Å². The van der Waals surface area contributed by atoms with Crippen LogP contribution in [0.15, 0.2) is 0 Å². The van der Waals surface area contributed by atoms with E-state index in [1.54, 1.807) is 7.11 Å². The number of hydrogen-bond acceptors (Lipinski definition) is 7. The van der Waals surface area contributed by atoms with E-state index < -0.39 is 11.5 Å². The van der Waals surface area contributed by atoms with Gasteiger partial charge in [-0.05, 0) is 30.6 Å². The number of nitrogen functional groups attached to an aromatic ring is 1. The Morgan fingerprint density at radius 2 is 2.22 bits per heavy atom. The van der Waals surface area contributed by atoms with Gasteiger partial charge in [0.1, 0.15) is 0 Å². The fourth-order valence-electron chi connectivity index (χ4n) is 5.21. The van der Waals surface area contributed by atoms with Crippen molar-refractivity contribution in [3.05, 3.63) is 10.6 Å². The second-order valence-corrected chi connectivity index (χ2v) is 9.56. The Balaban J connectivity index is 1.95. The van der Waals surface area contributed by atoms with E-state index in [1.165, 1.54) is 11.3 Å². The highest BCUT2D eigenvalue weighted by molar-refractivity contribution is 7.15. The van der Waals surface area contributed by atoms with Crippen molar-refractivity contribution in [2.75, 3.05) is 32.6 Å². The lowest BCUT2D eigenvalue weighted by molar-refractivity contribution is -0.144. The maximum atomic E-state index is 12.6. The Morgan fingerprint density at radius 3 is 2.89 bits per heavy atom. The molecule has 3 rings (SSSR count). The average Bonchev–Trinajstić information content (AvgIpc) is 3.00. The van der Waals surface area contributed by atoms with E-state index in [0.29, 0.717) is 31.1 Å². The smallest absolute Gasteiger partial charge is 0.220 e. The molecule has 5 N–H and O–H groups in total. The molecule has 1 aromatic heterocycles. The summed E-state index contributed by atoms with van der Waals surface area (Å²) in [5.74, 6) is -0.0585. The minimum Gasteiger partial charge on any atom is -0.396 e. The zero-order valence-electron chi connectivity index (χ0n) is 16.3. The Morgan fingerprint density at radius 1 is 1.48 bits per heavy atom. The Bertz CT molecular complexity index is 696. The number of amides is 1. The lowest BCUT2D eigenvalue weighted by Crippen LogP contribution is -2.57. The molecule has 152 valence electrons. The number of nitrogens with one attached hydrogen (secondary N) is 1. The van der Waals surface area contributed by atoms with E-state index in [0.717, 1.165) is 23.4 Å². The van der Waals surface area contributed by atoms with Gasteiger partial charge >= 0.3 is 0 Å². The zero-order chi connectivity index (χ0) is 19.8. The van der Waals surface area contributed by atoms with Crippen molar-refractivity contribution in [2.45, 2.75) is 51.6 Å².